The van der Waals surface area contributed by atoms with Crippen molar-refractivity contribution in [1.29, 1.82) is 0 Å². The van der Waals surface area contributed by atoms with Crippen LogP contribution in [-0.4, -0.2) is 37.3 Å². The summed E-state index contributed by atoms with van der Waals surface area (Å²) in [5.41, 5.74) is 3.19. The van der Waals surface area contributed by atoms with Crippen LogP contribution in [0.15, 0.2) is 36.4 Å². The van der Waals surface area contributed by atoms with Crippen molar-refractivity contribution in [3.8, 4) is 11.5 Å². The van der Waals surface area contributed by atoms with Gasteiger partial charge in [0.15, 0.2) is 11.5 Å². The first-order valence-electron chi connectivity index (χ1n) is 8.45. The summed E-state index contributed by atoms with van der Waals surface area (Å²) in [7, 11) is 4.65. The topological polar surface area (TPSA) is 73.4 Å². The van der Waals surface area contributed by atoms with E-state index in [0.717, 1.165) is 29.3 Å². The number of esters is 1. The maximum Gasteiger partial charge on any atom is 0.340 e. The Hall–Kier alpha value is -3.02. The number of rotatable bonds is 5. The van der Waals surface area contributed by atoms with E-state index >= 15 is 0 Å². The number of H-pyrrole nitrogens is 1. The summed E-state index contributed by atoms with van der Waals surface area (Å²) >= 11 is 0. The van der Waals surface area contributed by atoms with Crippen LogP contribution in [0.3, 0.4) is 0 Å². The van der Waals surface area contributed by atoms with Gasteiger partial charge in [-0.15, -0.1) is 0 Å². The fourth-order valence-electron chi connectivity index (χ4n) is 3.45. The fourth-order valence-corrected chi connectivity index (χ4v) is 3.45. The molecule has 1 N–H and O–H groups in total. The van der Waals surface area contributed by atoms with E-state index in [-0.39, 0.29) is 5.97 Å². The van der Waals surface area contributed by atoms with Crippen molar-refractivity contribution in [2.24, 2.45) is 0 Å². The number of ether oxygens (including phenoxy) is 3. The van der Waals surface area contributed by atoms with Crippen molar-refractivity contribution in [1.82, 2.24) is 9.97 Å². The van der Waals surface area contributed by atoms with Crippen LogP contribution in [0, 0.1) is 0 Å². The number of aromatic amines is 1. The highest BCUT2D eigenvalue weighted by Gasteiger charge is 2.42. The second-order valence-electron chi connectivity index (χ2n) is 6.38. The SMILES string of the molecule is COC(=O)c1cccc2[nH]c([C@@H]3C[C@H]3c3ccc(OC)c(OC)c3)nc12. The molecule has 1 saturated carbocycles. The van der Waals surface area contributed by atoms with E-state index in [1.165, 1.54) is 12.7 Å². The normalized spacial score (nSPS) is 18.6. The zero-order valence-electron chi connectivity index (χ0n) is 14.9. The Bertz CT molecular complexity index is 979. The Labute approximate surface area is 151 Å². The van der Waals surface area contributed by atoms with Gasteiger partial charge in [-0.3, -0.25) is 0 Å². The molecule has 0 saturated heterocycles. The van der Waals surface area contributed by atoms with Gasteiger partial charge >= 0.3 is 5.97 Å². The van der Waals surface area contributed by atoms with Crippen molar-refractivity contribution in [3.05, 3.63) is 53.3 Å². The summed E-state index contributed by atoms with van der Waals surface area (Å²) in [4.78, 5) is 20.0. The van der Waals surface area contributed by atoms with Crippen molar-refractivity contribution in [2.45, 2.75) is 18.3 Å². The van der Waals surface area contributed by atoms with Crippen LogP contribution in [0.4, 0.5) is 0 Å². The van der Waals surface area contributed by atoms with Crippen LogP contribution in [-0.2, 0) is 4.74 Å². The van der Waals surface area contributed by atoms with Gasteiger partial charge in [0.25, 0.3) is 0 Å². The van der Waals surface area contributed by atoms with Gasteiger partial charge < -0.3 is 19.2 Å². The summed E-state index contributed by atoms with van der Waals surface area (Å²) < 4.78 is 15.5. The number of aromatic nitrogens is 2. The summed E-state index contributed by atoms with van der Waals surface area (Å²) in [5, 5.41) is 0. The molecule has 1 fully saturated rings. The molecule has 0 spiro atoms. The molecule has 1 aromatic heterocycles. The van der Waals surface area contributed by atoms with Gasteiger partial charge in [0.05, 0.1) is 32.4 Å². The number of methoxy groups -OCH3 is 3. The third-order valence-corrected chi connectivity index (χ3v) is 4.91. The maximum absolute atomic E-state index is 11.9. The van der Waals surface area contributed by atoms with E-state index < -0.39 is 0 Å². The molecule has 0 radical (unpaired) electrons. The molecule has 2 aromatic carbocycles. The van der Waals surface area contributed by atoms with Crippen LogP contribution in [0.2, 0.25) is 0 Å². The Morgan fingerprint density at radius 1 is 1.08 bits per heavy atom. The van der Waals surface area contributed by atoms with Crippen LogP contribution in [0.1, 0.15) is 40.0 Å². The lowest BCUT2D eigenvalue weighted by molar-refractivity contribution is 0.0603. The fraction of sp³-hybridized carbons (Fsp3) is 0.300. The predicted molar refractivity (Wildman–Crippen MR) is 97.1 cm³/mol. The lowest BCUT2D eigenvalue weighted by Crippen LogP contribution is -2.01. The van der Waals surface area contributed by atoms with Crippen LogP contribution in [0.25, 0.3) is 11.0 Å². The molecular formula is C20H20N2O4. The van der Waals surface area contributed by atoms with Gasteiger partial charge in [-0.25, -0.2) is 9.78 Å². The van der Waals surface area contributed by atoms with Gasteiger partial charge in [0.2, 0.25) is 0 Å². The number of para-hydroxylation sites is 1. The van der Waals surface area contributed by atoms with Gasteiger partial charge in [0.1, 0.15) is 11.3 Å². The van der Waals surface area contributed by atoms with E-state index in [1.54, 1.807) is 20.3 Å². The molecule has 3 aromatic rings. The molecule has 1 heterocycles. The molecule has 1 aliphatic rings. The molecule has 6 nitrogen and oxygen atoms in total. The minimum atomic E-state index is -0.374. The number of carbonyl (C=O) groups excluding carboxylic acids is 1. The van der Waals surface area contributed by atoms with Crippen LogP contribution < -0.4 is 9.47 Å². The molecule has 6 heteroatoms. The Kier molecular flexibility index (Phi) is 4.03. The lowest BCUT2D eigenvalue weighted by atomic mass is 10.1. The number of fused-ring (bicyclic) bond motifs is 1. The molecule has 0 bridgehead atoms. The number of benzene rings is 2. The Morgan fingerprint density at radius 3 is 2.62 bits per heavy atom. The first kappa shape index (κ1) is 16.4. The van der Waals surface area contributed by atoms with Crippen molar-refractivity contribution in [3.63, 3.8) is 0 Å². The largest absolute Gasteiger partial charge is 0.493 e. The number of hydrogen-bond acceptors (Lipinski definition) is 5. The van der Waals surface area contributed by atoms with E-state index in [0.29, 0.717) is 22.9 Å². The van der Waals surface area contributed by atoms with Gasteiger partial charge in [-0.2, -0.15) is 0 Å². The van der Waals surface area contributed by atoms with Crippen LogP contribution in [0.5, 0.6) is 11.5 Å². The molecule has 1 aliphatic carbocycles. The maximum atomic E-state index is 11.9. The van der Waals surface area contributed by atoms with E-state index in [4.69, 9.17) is 14.2 Å². The molecule has 0 unspecified atom stereocenters. The first-order valence-corrected chi connectivity index (χ1v) is 8.45. The highest BCUT2D eigenvalue weighted by atomic mass is 16.5. The molecule has 26 heavy (non-hydrogen) atoms. The molecular weight excluding hydrogens is 332 g/mol. The van der Waals surface area contributed by atoms with Gasteiger partial charge in [-0.1, -0.05) is 12.1 Å². The number of imidazole rings is 1. The third-order valence-electron chi connectivity index (χ3n) is 4.91. The van der Waals surface area contributed by atoms with Crippen molar-refractivity contribution < 1.29 is 19.0 Å². The number of hydrogen-bond donors (Lipinski definition) is 1. The highest BCUT2D eigenvalue weighted by molar-refractivity contribution is 6.01. The number of nitrogens with one attached hydrogen (secondary N) is 1. The van der Waals surface area contributed by atoms with Gasteiger partial charge in [-0.05, 0) is 42.2 Å². The number of nitrogens with zero attached hydrogens (tertiary/aromatic N) is 1. The lowest BCUT2D eigenvalue weighted by Gasteiger charge is -2.09. The van der Waals surface area contributed by atoms with Crippen molar-refractivity contribution >= 4 is 17.0 Å². The molecule has 0 amide bonds. The smallest absolute Gasteiger partial charge is 0.340 e. The second kappa shape index (κ2) is 6.37. The molecule has 2 atom stereocenters. The highest BCUT2D eigenvalue weighted by Crippen LogP contribution is 2.55. The van der Waals surface area contributed by atoms with E-state index in [9.17, 15) is 4.79 Å². The Balaban J connectivity index is 1.63. The second-order valence-corrected chi connectivity index (χ2v) is 6.38. The number of carbonyl (C=O) groups is 1. The molecule has 134 valence electrons. The third kappa shape index (κ3) is 2.67. The zero-order valence-corrected chi connectivity index (χ0v) is 14.9. The monoisotopic (exact) mass is 352 g/mol. The average Bonchev–Trinajstić information content (AvgIpc) is 3.37. The summed E-state index contributed by atoms with van der Waals surface area (Å²) in [5.74, 6) is 2.65. The summed E-state index contributed by atoms with van der Waals surface area (Å²) in [6.45, 7) is 0. The predicted octanol–water partition coefficient (Wildman–Crippen LogP) is 3.64. The average molecular weight is 352 g/mol. The van der Waals surface area contributed by atoms with Gasteiger partial charge in [0, 0.05) is 5.92 Å². The minimum Gasteiger partial charge on any atom is -0.493 e. The van der Waals surface area contributed by atoms with Crippen LogP contribution >= 0.6 is 0 Å². The minimum absolute atomic E-state index is 0.297. The van der Waals surface area contributed by atoms with Crippen molar-refractivity contribution in [2.75, 3.05) is 21.3 Å². The first-order chi connectivity index (χ1) is 12.7. The summed E-state index contributed by atoms with van der Waals surface area (Å²) in [6.07, 6.45) is 1.00. The zero-order chi connectivity index (χ0) is 18.3. The molecule has 0 aliphatic heterocycles. The standard InChI is InChI=1S/C20H20N2O4/c1-24-16-8-7-11(9-17(16)25-2)13-10-14(13)19-21-15-6-4-5-12(18(15)22-19)20(23)26-3/h4-9,13-14H,10H2,1-3H3,(H,21,22)/t13-,14+/m0/s1. The molecule has 4 rings (SSSR count). The Morgan fingerprint density at radius 2 is 1.88 bits per heavy atom. The summed E-state index contributed by atoms with van der Waals surface area (Å²) in [6, 6.07) is 11.5. The van der Waals surface area contributed by atoms with E-state index in [2.05, 4.69) is 16.0 Å². The van der Waals surface area contributed by atoms with E-state index in [1.807, 2.05) is 24.3 Å². The quantitative estimate of drug-likeness (QED) is 0.710.